The molecule has 1 N–H and O–H groups in total. The zero-order chi connectivity index (χ0) is 15.5. The van der Waals surface area contributed by atoms with Crippen LogP contribution in [0.15, 0.2) is 30.6 Å². The Morgan fingerprint density at radius 2 is 2.23 bits per heavy atom. The molecule has 6 nitrogen and oxygen atoms in total. The number of carbonyl (C=O) groups excluding carboxylic acids is 1. The first-order chi connectivity index (χ1) is 10.6. The predicted octanol–water partition coefficient (Wildman–Crippen LogP) is 2.76. The smallest absolute Gasteiger partial charge is 0.322 e. The number of pyridine rings is 1. The third kappa shape index (κ3) is 3.27. The lowest BCUT2D eigenvalue weighted by Crippen LogP contribution is -2.43. The molecule has 1 saturated heterocycles. The number of aryl methyl sites for hydroxylation is 2. The number of hydrogen-bond donors (Lipinski definition) is 1. The van der Waals surface area contributed by atoms with Crippen LogP contribution >= 0.6 is 0 Å². The van der Waals surface area contributed by atoms with Crippen LogP contribution in [0.1, 0.15) is 30.1 Å². The number of amides is 2. The molecule has 22 heavy (non-hydrogen) atoms. The fourth-order valence-electron chi connectivity index (χ4n) is 2.79. The first kappa shape index (κ1) is 14.6. The first-order valence-electron chi connectivity index (χ1n) is 7.62. The van der Waals surface area contributed by atoms with E-state index in [1.807, 2.05) is 54.0 Å². The average Bonchev–Trinajstić information content (AvgIpc) is 2.94. The van der Waals surface area contributed by atoms with Gasteiger partial charge < -0.3 is 4.90 Å². The van der Waals surface area contributed by atoms with Gasteiger partial charge in [-0.1, -0.05) is 6.07 Å². The molecule has 2 aromatic rings. The SMILES string of the molecule is Cc1cnn([C@@H]2CCCN(C(=O)Nc3cccc(C)n3)C2)c1. The van der Waals surface area contributed by atoms with E-state index in [2.05, 4.69) is 15.4 Å². The summed E-state index contributed by atoms with van der Waals surface area (Å²) in [6, 6.07) is 5.77. The Morgan fingerprint density at radius 3 is 2.95 bits per heavy atom. The molecule has 3 rings (SSSR count). The second-order valence-corrected chi connectivity index (χ2v) is 5.83. The molecular weight excluding hydrogens is 278 g/mol. The highest BCUT2D eigenvalue weighted by molar-refractivity contribution is 5.88. The molecule has 1 aliphatic rings. The van der Waals surface area contributed by atoms with Crippen LogP contribution in [-0.4, -0.2) is 38.8 Å². The van der Waals surface area contributed by atoms with Crippen molar-refractivity contribution in [1.82, 2.24) is 19.7 Å². The minimum Gasteiger partial charge on any atom is -0.322 e. The molecule has 0 spiro atoms. The maximum absolute atomic E-state index is 12.4. The monoisotopic (exact) mass is 299 g/mol. The van der Waals surface area contributed by atoms with Crippen molar-refractivity contribution in [3.05, 3.63) is 41.9 Å². The first-order valence-corrected chi connectivity index (χ1v) is 7.62. The average molecular weight is 299 g/mol. The maximum Gasteiger partial charge on any atom is 0.323 e. The summed E-state index contributed by atoms with van der Waals surface area (Å²) >= 11 is 0. The van der Waals surface area contributed by atoms with Gasteiger partial charge in [-0.3, -0.25) is 10.00 Å². The van der Waals surface area contributed by atoms with Gasteiger partial charge >= 0.3 is 6.03 Å². The highest BCUT2D eigenvalue weighted by Gasteiger charge is 2.25. The van der Waals surface area contributed by atoms with Crippen molar-refractivity contribution in [2.24, 2.45) is 0 Å². The fraction of sp³-hybridized carbons (Fsp3) is 0.438. The third-order valence-corrected chi connectivity index (χ3v) is 3.91. The van der Waals surface area contributed by atoms with Crippen LogP contribution in [0, 0.1) is 13.8 Å². The Hall–Kier alpha value is -2.37. The van der Waals surface area contributed by atoms with Crippen LogP contribution in [0.25, 0.3) is 0 Å². The number of carbonyl (C=O) groups is 1. The van der Waals surface area contributed by atoms with Gasteiger partial charge in [0.1, 0.15) is 5.82 Å². The van der Waals surface area contributed by atoms with Crippen LogP contribution in [-0.2, 0) is 0 Å². The van der Waals surface area contributed by atoms with Gasteiger partial charge in [0.15, 0.2) is 0 Å². The van der Waals surface area contributed by atoms with E-state index >= 15 is 0 Å². The number of rotatable bonds is 2. The minimum atomic E-state index is -0.0910. The van der Waals surface area contributed by atoms with Crippen LogP contribution in [0.5, 0.6) is 0 Å². The normalized spacial score (nSPS) is 18.3. The summed E-state index contributed by atoms with van der Waals surface area (Å²) in [5.74, 6) is 0.599. The topological polar surface area (TPSA) is 63.1 Å². The van der Waals surface area contributed by atoms with E-state index in [0.29, 0.717) is 12.4 Å². The lowest BCUT2D eigenvalue weighted by molar-refractivity contribution is 0.174. The summed E-state index contributed by atoms with van der Waals surface area (Å²) in [5.41, 5.74) is 2.03. The van der Waals surface area contributed by atoms with E-state index < -0.39 is 0 Å². The molecule has 1 atom stereocenters. The molecule has 6 heteroatoms. The van der Waals surface area contributed by atoms with Gasteiger partial charge in [-0.2, -0.15) is 5.10 Å². The standard InChI is InChI=1S/C16H21N5O/c1-12-9-17-21(10-12)14-6-4-8-20(11-14)16(22)19-15-7-3-5-13(2)18-15/h3,5,7,9-10,14H,4,6,8,11H2,1-2H3,(H,18,19,22)/t14-/m1/s1. The van der Waals surface area contributed by atoms with Gasteiger partial charge in [0.25, 0.3) is 0 Å². The van der Waals surface area contributed by atoms with Gasteiger partial charge in [-0.05, 0) is 44.4 Å². The Kier molecular flexibility index (Phi) is 4.09. The molecule has 0 bridgehead atoms. The van der Waals surface area contributed by atoms with Gasteiger partial charge in [0.05, 0.1) is 12.2 Å². The molecule has 2 amide bonds. The van der Waals surface area contributed by atoms with Gasteiger partial charge in [0, 0.05) is 25.0 Å². The molecule has 2 aromatic heterocycles. The Morgan fingerprint density at radius 1 is 1.36 bits per heavy atom. The zero-order valence-electron chi connectivity index (χ0n) is 13.0. The Labute approximate surface area is 130 Å². The summed E-state index contributed by atoms with van der Waals surface area (Å²) in [6.45, 7) is 5.39. The lowest BCUT2D eigenvalue weighted by atomic mass is 10.1. The lowest BCUT2D eigenvalue weighted by Gasteiger charge is -2.32. The molecule has 0 saturated carbocycles. The summed E-state index contributed by atoms with van der Waals surface area (Å²) in [4.78, 5) is 18.6. The molecular formula is C16H21N5O. The quantitative estimate of drug-likeness (QED) is 0.927. The fourth-order valence-corrected chi connectivity index (χ4v) is 2.79. The number of piperidine rings is 1. The zero-order valence-corrected chi connectivity index (χ0v) is 13.0. The van der Waals surface area contributed by atoms with E-state index in [1.165, 1.54) is 0 Å². The molecule has 1 aliphatic heterocycles. The van der Waals surface area contributed by atoms with Gasteiger partial charge in [-0.15, -0.1) is 0 Å². The van der Waals surface area contributed by atoms with Crippen LogP contribution < -0.4 is 5.32 Å². The van der Waals surface area contributed by atoms with Crippen LogP contribution in [0.2, 0.25) is 0 Å². The van der Waals surface area contributed by atoms with Crippen molar-refractivity contribution in [2.75, 3.05) is 18.4 Å². The third-order valence-electron chi connectivity index (χ3n) is 3.91. The van der Waals surface area contributed by atoms with Crippen molar-refractivity contribution in [3.63, 3.8) is 0 Å². The van der Waals surface area contributed by atoms with E-state index in [0.717, 1.165) is 30.6 Å². The number of likely N-dealkylation sites (tertiary alicyclic amines) is 1. The van der Waals surface area contributed by atoms with Crippen molar-refractivity contribution < 1.29 is 4.79 Å². The van der Waals surface area contributed by atoms with Crippen LogP contribution in [0.3, 0.4) is 0 Å². The van der Waals surface area contributed by atoms with Crippen molar-refractivity contribution in [3.8, 4) is 0 Å². The predicted molar refractivity (Wildman–Crippen MR) is 84.8 cm³/mol. The van der Waals surface area contributed by atoms with Crippen molar-refractivity contribution in [2.45, 2.75) is 32.7 Å². The summed E-state index contributed by atoms with van der Waals surface area (Å²) in [7, 11) is 0. The number of nitrogens with one attached hydrogen (secondary N) is 1. The molecule has 3 heterocycles. The van der Waals surface area contributed by atoms with Gasteiger partial charge in [0.2, 0.25) is 0 Å². The molecule has 1 fully saturated rings. The molecule has 0 unspecified atom stereocenters. The van der Waals surface area contributed by atoms with Crippen molar-refractivity contribution in [1.29, 1.82) is 0 Å². The maximum atomic E-state index is 12.4. The summed E-state index contributed by atoms with van der Waals surface area (Å²) in [6.07, 6.45) is 5.93. The van der Waals surface area contributed by atoms with E-state index in [9.17, 15) is 4.79 Å². The summed E-state index contributed by atoms with van der Waals surface area (Å²) in [5, 5.41) is 7.25. The molecule has 116 valence electrons. The van der Waals surface area contributed by atoms with E-state index in [1.54, 1.807) is 0 Å². The Bertz CT molecular complexity index is 666. The van der Waals surface area contributed by atoms with E-state index in [4.69, 9.17) is 0 Å². The number of nitrogens with zero attached hydrogens (tertiary/aromatic N) is 4. The Balaban J connectivity index is 1.65. The highest BCUT2D eigenvalue weighted by atomic mass is 16.2. The molecule has 0 aliphatic carbocycles. The van der Waals surface area contributed by atoms with E-state index in [-0.39, 0.29) is 12.1 Å². The number of aromatic nitrogens is 3. The largest absolute Gasteiger partial charge is 0.323 e. The summed E-state index contributed by atoms with van der Waals surface area (Å²) < 4.78 is 1.97. The number of hydrogen-bond acceptors (Lipinski definition) is 3. The second kappa shape index (κ2) is 6.17. The second-order valence-electron chi connectivity index (χ2n) is 5.83. The number of anilines is 1. The number of urea groups is 1. The molecule has 0 aromatic carbocycles. The molecule has 0 radical (unpaired) electrons. The highest BCUT2D eigenvalue weighted by Crippen LogP contribution is 2.21. The van der Waals surface area contributed by atoms with Crippen molar-refractivity contribution >= 4 is 11.8 Å². The minimum absolute atomic E-state index is 0.0910. The van der Waals surface area contributed by atoms with Crippen LogP contribution in [0.4, 0.5) is 10.6 Å². The van der Waals surface area contributed by atoms with Gasteiger partial charge in [-0.25, -0.2) is 9.78 Å².